The first kappa shape index (κ1) is 17.9. The fourth-order valence-corrected chi connectivity index (χ4v) is 1.58. The van der Waals surface area contributed by atoms with Gasteiger partial charge >= 0.3 is 5.97 Å². The maximum absolute atomic E-state index is 11.8. The lowest BCUT2D eigenvalue weighted by Crippen LogP contribution is -2.39. The lowest BCUT2D eigenvalue weighted by molar-refractivity contribution is -0.148. The fourth-order valence-electron chi connectivity index (χ4n) is 1.58. The topological polar surface area (TPSA) is 58.6 Å². The maximum atomic E-state index is 11.8. The van der Waals surface area contributed by atoms with Crippen molar-refractivity contribution in [2.75, 3.05) is 13.2 Å². The number of carbonyl (C=O) groups excluding carboxylic acids is 1. The zero-order valence-electron chi connectivity index (χ0n) is 11.2. The van der Waals surface area contributed by atoms with E-state index in [1.165, 1.54) is 0 Å². The second-order valence-corrected chi connectivity index (χ2v) is 4.11. The Kier molecular flexibility index (Phi) is 10.2. The van der Waals surface area contributed by atoms with Gasteiger partial charge < -0.3 is 15.2 Å². The quantitative estimate of drug-likeness (QED) is 0.717. The van der Waals surface area contributed by atoms with E-state index in [-0.39, 0.29) is 31.6 Å². The smallest absolute Gasteiger partial charge is 0.323 e. The molecule has 0 radical (unpaired) electrons. The molecular formula is C14H22ClNO3. The average Bonchev–Trinajstić information content (AvgIpc) is 2.42. The van der Waals surface area contributed by atoms with Crippen LogP contribution >= 0.6 is 12.4 Å². The number of benzene rings is 1. The molecule has 5 heteroatoms. The summed E-state index contributed by atoms with van der Waals surface area (Å²) in [6.07, 6.45) is 1.32. The van der Waals surface area contributed by atoms with Gasteiger partial charge in [0.05, 0.1) is 0 Å². The number of hydrogen-bond acceptors (Lipinski definition) is 4. The molecule has 0 saturated carbocycles. The standard InChI is InChI=1S/C14H21NO3.ClH/c1-2-9-15-13(8-10-16)14(17)18-11-12-6-4-3-5-7-12;/h3-7,13,15-16H,2,8-11H2,1H3;1H/t13-;/m0./s1. The Labute approximate surface area is 120 Å². The van der Waals surface area contributed by atoms with Gasteiger partial charge in [-0.3, -0.25) is 4.79 Å². The summed E-state index contributed by atoms with van der Waals surface area (Å²) < 4.78 is 5.23. The van der Waals surface area contributed by atoms with E-state index >= 15 is 0 Å². The van der Waals surface area contributed by atoms with Crippen LogP contribution in [0.25, 0.3) is 0 Å². The molecule has 2 N–H and O–H groups in total. The van der Waals surface area contributed by atoms with Crippen LogP contribution in [0.2, 0.25) is 0 Å². The van der Waals surface area contributed by atoms with E-state index in [0.29, 0.717) is 6.42 Å². The average molecular weight is 288 g/mol. The third-order valence-electron chi connectivity index (χ3n) is 2.57. The molecule has 0 bridgehead atoms. The number of aliphatic hydroxyl groups excluding tert-OH is 1. The highest BCUT2D eigenvalue weighted by atomic mass is 35.5. The van der Waals surface area contributed by atoms with Gasteiger partial charge in [0.15, 0.2) is 0 Å². The Hall–Kier alpha value is -1.10. The van der Waals surface area contributed by atoms with Crippen LogP contribution in [0.15, 0.2) is 30.3 Å². The van der Waals surface area contributed by atoms with Crippen LogP contribution in [-0.4, -0.2) is 30.3 Å². The number of halogens is 1. The number of nitrogens with one attached hydrogen (secondary N) is 1. The summed E-state index contributed by atoms with van der Waals surface area (Å²) in [5.74, 6) is -0.304. The van der Waals surface area contributed by atoms with Crippen molar-refractivity contribution in [3.8, 4) is 0 Å². The highest BCUT2D eigenvalue weighted by Crippen LogP contribution is 2.03. The molecule has 108 valence electrons. The van der Waals surface area contributed by atoms with Gasteiger partial charge in [0.2, 0.25) is 0 Å². The molecule has 1 aromatic rings. The molecular weight excluding hydrogens is 266 g/mol. The molecule has 0 fully saturated rings. The number of carbonyl (C=O) groups is 1. The first-order valence-corrected chi connectivity index (χ1v) is 6.32. The van der Waals surface area contributed by atoms with Crippen LogP contribution in [0.1, 0.15) is 25.3 Å². The molecule has 4 nitrogen and oxygen atoms in total. The summed E-state index contributed by atoms with van der Waals surface area (Å²) in [4.78, 5) is 11.8. The van der Waals surface area contributed by atoms with Gasteiger partial charge in [0.1, 0.15) is 12.6 Å². The maximum Gasteiger partial charge on any atom is 0.323 e. The summed E-state index contributed by atoms with van der Waals surface area (Å²) in [6.45, 7) is 3.01. The van der Waals surface area contributed by atoms with E-state index in [9.17, 15) is 4.79 Å². The third kappa shape index (κ3) is 7.15. The Morgan fingerprint density at radius 1 is 1.37 bits per heavy atom. The number of rotatable bonds is 8. The van der Waals surface area contributed by atoms with Crippen LogP contribution in [-0.2, 0) is 16.1 Å². The minimum absolute atomic E-state index is 0. The zero-order chi connectivity index (χ0) is 13.2. The highest BCUT2D eigenvalue weighted by Gasteiger charge is 2.18. The zero-order valence-corrected chi connectivity index (χ0v) is 12.0. The van der Waals surface area contributed by atoms with Crippen LogP contribution in [0, 0.1) is 0 Å². The summed E-state index contributed by atoms with van der Waals surface area (Å²) in [6, 6.07) is 9.14. The summed E-state index contributed by atoms with van der Waals surface area (Å²) >= 11 is 0. The van der Waals surface area contributed by atoms with E-state index in [1.807, 2.05) is 37.3 Å². The molecule has 0 aliphatic heterocycles. The number of esters is 1. The van der Waals surface area contributed by atoms with Gasteiger partial charge in [0, 0.05) is 6.61 Å². The Morgan fingerprint density at radius 3 is 2.63 bits per heavy atom. The highest BCUT2D eigenvalue weighted by molar-refractivity contribution is 5.85. The number of hydrogen-bond donors (Lipinski definition) is 2. The second kappa shape index (κ2) is 10.8. The van der Waals surface area contributed by atoms with E-state index in [2.05, 4.69) is 5.32 Å². The molecule has 0 spiro atoms. The summed E-state index contributed by atoms with van der Waals surface area (Å²) in [5, 5.41) is 12.0. The molecule has 0 aliphatic rings. The summed E-state index contributed by atoms with van der Waals surface area (Å²) in [5.41, 5.74) is 0.962. The fraction of sp³-hybridized carbons (Fsp3) is 0.500. The predicted octanol–water partition coefficient (Wildman–Crippen LogP) is 1.90. The van der Waals surface area contributed by atoms with Crippen molar-refractivity contribution in [3.05, 3.63) is 35.9 Å². The molecule has 1 aromatic carbocycles. The van der Waals surface area contributed by atoms with Crippen molar-refractivity contribution >= 4 is 18.4 Å². The van der Waals surface area contributed by atoms with E-state index < -0.39 is 6.04 Å². The molecule has 19 heavy (non-hydrogen) atoms. The number of ether oxygens (including phenoxy) is 1. The van der Waals surface area contributed by atoms with Crippen molar-refractivity contribution in [1.29, 1.82) is 0 Å². The first-order chi connectivity index (χ1) is 8.77. The van der Waals surface area contributed by atoms with Crippen molar-refractivity contribution in [3.63, 3.8) is 0 Å². The largest absolute Gasteiger partial charge is 0.460 e. The van der Waals surface area contributed by atoms with Gasteiger partial charge in [-0.05, 0) is 24.9 Å². The normalized spacial score (nSPS) is 11.5. The van der Waals surface area contributed by atoms with Crippen LogP contribution < -0.4 is 5.32 Å². The van der Waals surface area contributed by atoms with Crippen LogP contribution in [0.3, 0.4) is 0 Å². The predicted molar refractivity (Wildman–Crippen MR) is 77.3 cm³/mol. The monoisotopic (exact) mass is 287 g/mol. The molecule has 1 atom stereocenters. The van der Waals surface area contributed by atoms with E-state index in [4.69, 9.17) is 9.84 Å². The first-order valence-electron chi connectivity index (χ1n) is 6.32. The lowest BCUT2D eigenvalue weighted by Gasteiger charge is -2.16. The van der Waals surface area contributed by atoms with E-state index in [0.717, 1.165) is 18.5 Å². The Balaban J connectivity index is 0.00000324. The van der Waals surface area contributed by atoms with Crippen molar-refractivity contribution in [1.82, 2.24) is 5.32 Å². The third-order valence-corrected chi connectivity index (χ3v) is 2.57. The minimum atomic E-state index is -0.418. The molecule has 0 amide bonds. The SMILES string of the molecule is CCCN[C@@H](CCO)C(=O)OCc1ccccc1.Cl. The molecule has 0 aromatic heterocycles. The minimum Gasteiger partial charge on any atom is -0.460 e. The number of aliphatic hydroxyl groups is 1. The Bertz CT molecular complexity index is 346. The van der Waals surface area contributed by atoms with E-state index in [1.54, 1.807) is 0 Å². The van der Waals surface area contributed by atoms with Crippen LogP contribution in [0.4, 0.5) is 0 Å². The van der Waals surface area contributed by atoms with Gasteiger partial charge in [-0.2, -0.15) is 0 Å². The lowest BCUT2D eigenvalue weighted by atomic mass is 10.2. The van der Waals surface area contributed by atoms with Gasteiger partial charge in [-0.1, -0.05) is 37.3 Å². The van der Waals surface area contributed by atoms with Gasteiger partial charge in [-0.25, -0.2) is 0 Å². The second-order valence-electron chi connectivity index (χ2n) is 4.11. The van der Waals surface area contributed by atoms with Crippen molar-refractivity contribution < 1.29 is 14.6 Å². The molecule has 1 rings (SSSR count). The van der Waals surface area contributed by atoms with Gasteiger partial charge in [-0.15, -0.1) is 12.4 Å². The summed E-state index contributed by atoms with van der Waals surface area (Å²) in [7, 11) is 0. The van der Waals surface area contributed by atoms with Gasteiger partial charge in [0.25, 0.3) is 0 Å². The van der Waals surface area contributed by atoms with Crippen molar-refractivity contribution in [2.24, 2.45) is 0 Å². The van der Waals surface area contributed by atoms with Crippen molar-refractivity contribution in [2.45, 2.75) is 32.4 Å². The molecule has 0 saturated heterocycles. The Morgan fingerprint density at radius 2 is 2.05 bits per heavy atom. The molecule has 0 unspecified atom stereocenters. The van der Waals surface area contributed by atoms with Crippen LogP contribution in [0.5, 0.6) is 0 Å². The molecule has 0 aliphatic carbocycles. The molecule has 0 heterocycles.